The summed E-state index contributed by atoms with van der Waals surface area (Å²) >= 11 is 0. The van der Waals surface area contributed by atoms with Gasteiger partial charge in [-0.25, -0.2) is 9.64 Å². The summed E-state index contributed by atoms with van der Waals surface area (Å²) in [4.78, 5) is 15.5. The van der Waals surface area contributed by atoms with Crippen molar-refractivity contribution in [2.45, 2.75) is 19.8 Å². The lowest BCUT2D eigenvalue weighted by atomic mass is 9.85. The van der Waals surface area contributed by atoms with Gasteiger partial charge in [-0.3, -0.25) is 0 Å². The molecule has 3 nitrogen and oxygen atoms in total. The Labute approximate surface area is 136 Å². The lowest BCUT2D eigenvalue weighted by Crippen LogP contribution is -2.06. The molecule has 0 unspecified atom stereocenters. The van der Waals surface area contributed by atoms with E-state index in [1.165, 1.54) is 12.7 Å². The van der Waals surface area contributed by atoms with E-state index >= 15 is 0 Å². The van der Waals surface area contributed by atoms with Gasteiger partial charge in [0, 0.05) is 0 Å². The number of nitrogens with zero attached hydrogens (tertiary/aromatic N) is 1. The van der Waals surface area contributed by atoms with Gasteiger partial charge in [0.05, 0.1) is 19.2 Å². The summed E-state index contributed by atoms with van der Waals surface area (Å²) in [6.07, 6.45) is 4.04. The molecule has 0 aliphatic heterocycles. The minimum Gasteiger partial charge on any atom is -0.465 e. The molecule has 0 spiro atoms. The number of benzene rings is 2. The summed E-state index contributed by atoms with van der Waals surface area (Å²) in [7, 11) is 1.39. The van der Waals surface area contributed by atoms with Crippen molar-refractivity contribution in [3.05, 3.63) is 81.7 Å². The number of esters is 1. The zero-order valence-electron chi connectivity index (χ0n) is 13.2. The number of para-hydroxylation sites is 1. The van der Waals surface area contributed by atoms with Gasteiger partial charge in [0.2, 0.25) is 0 Å². The van der Waals surface area contributed by atoms with Crippen LogP contribution in [0.1, 0.15) is 39.0 Å². The minimum absolute atomic E-state index is 0.340. The van der Waals surface area contributed by atoms with Crippen molar-refractivity contribution in [1.29, 1.82) is 0 Å². The topological polar surface area (TPSA) is 30.7 Å². The maximum Gasteiger partial charge on any atom is 0.337 e. The fourth-order valence-electron chi connectivity index (χ4n) is 3.05. The van der Waals surface area contributed by atoms with Crippen LogP contribution in [-0.4, -0.2) is 13.1 Å². The lowest BCUT2D eigenvalue weighted by Gasteiger charge is -2.20. The van der Waals surface area contributed by atoms with Crippen LogP contribution in [0, 0.1) is 13.5 Å². The van der Waals surface area contributed by atoms with Crippen LogP contribution in [-0.2, 0) is 11.2 Å². The average molecular weight is 303 g/mol. The molecular formula is C20H17NO2. The van der Waals surface area contributed by atoms with Gasteiger partial charge in [0.25, 0.3) is 0 Å². The van der Waals surface area contributed by atoms with E-state index in [9.17, 15) is 4.79 Å². The van der Waals surface area contributed by atoms with Crippen molar-refractivity contribution in [1.82, 2.24) is 0 Å². The van der Waals surface area contributed by atoms with Crippen LogP contribution in [0.15, 0.2) is 42.5 Å². The van der Waals surface area contributed by atoms with Gasteiger partial charge in [-0.2, -0.15) is 0 Å². The molecule has 1 aliphatic rings. The predicted molar refractivity (Wildman–Crippen MR) is 90.6 cm³/mol. The van der Waals surface area contributed by atoms with E-state index < -0.39 is 0 Å². The number of methoxy groups -OCH3 is 1. The second-order valence-corrected chi connectivity index (χ2v) is 5.60. The Morgan fingerprint density at radius 2 is 2.04 bits per heavy atom. The fourth-order valence-corrected chi connectivity index (χ4v) is 3.05. The highest BCUT2D eigenvalue weighted by atomic mass is 16.5. The van der Waals surface area contributed by atoms with E-state index in [0.29, 0.717) is 11.3 Å². The lowest BCUT2D eigenvalue weighted by molar-refractivity contribution is 0.0600. The van der Waals surface area contributed by atoms with E-state index in [0.717, 1.165) is 35.1 Å². The standard InChI is InChI=1S/C20H17NO2/c1-13-6-4-9-17(19(13)21-2)16-8-5-7-14-10-11-15(12-18(14)16)20(22)23-3/h4,6,8-12H,5,7H2,1,3H3. The number of fused-ring (bicyclic) bond motifs is 1. The first kappa shape index (κ1) is 15.1. The van der Waals surface area contributed by atoms with Gasteiger partial charge in [-0.05, 0) is 59.7 Å². The van der Waals surface area contributed by atoms with Gasteiger partial charge in [-0.15, -0.1) is 0 Å². The van der Waals surface area contributed by atoms with E-state index in [1.807, 2.05) is 37.3 Å². The van der Waals surface area contributed by atoms with Crippen LogP contribution >= 0.6 is 0 Å². The molecule has 3 rings (SSSR count). The second kappa shape index (κ2) is 6.10. The molecule has 0 saturated heterocycles. The van der Waals surface area contributed by atoms with Crippen LogP contribution in [0.2, 0.25) is 0 Å². The quantitative estimate of drug-likeness (QED) is 0.594. The first-order valence-electron chi connectivity index (χ1n) is 7.55. The Balaban J connectivity index is 2.18. The molecule has 0 bridgehead atoms. The fraction of sp³-hybridized carbons (Fsp3) is 0.200. The number of hydrogen-bond donors (Lipinski definition) is 0. The number of rotatable bonds is 2. The maximum absolute atomic E-state index is 11.8. The highest BCUT2D eigenvalue weighted by Crippen LogP contribution is 2.38. The molecule has 0 amide bonds. The van der Waals surface area contributed by atoms with Crippen molar-refractivity contribution in [3.63, 3.8) is 0 Å². The van der Waals surface area contributed by atoms with Crippen LogP contribution in [0.25, 0.3) is 10.4 Å². The average Bonchev–Trinajstić information content (AvgIpc) is 2.59. The SMILES string of the molecule is [C-]#[N+]c1c(C)cccc1C1=CCCc2ccc(C(=O)OC)cc21. The number of aryl methyl sites for hydroxylation is 2. The van der Waals surface area contributed by atoms with Crippen LogP contribution < -0.4 is 0 Å². The van der Waals surface area contributed by atoms with Crippen LogP contribution in [0.3, 0.4) is 0 Å². The third-order valence-electron chi connectivity index (χ3n) is 4.22. The number of hydrogen-bond acceptors (Lipinski definition) is 2. The molecule has 2 aromatic carbocycles. The molecule has 1 aliphatic carbocycles. The molecule has 3 heteroatoms. The second-order valence-electron chi connectivity index (χ2n) is 5.60. The van der Waals surface area contributed by atoms with E-state index in [4.69, 9.17) is 11.3 Å². The van der Waals surface area contributed by atoms with E-state index in [-0.39, 0.29) is 5.97 Å². The minimum atomic E-state index is -0.340. The zero-order chi connectivity index (χ0) is 16.4. The van der Waals surface area contributed by atoms with E-state index in [1.54, 1.807) is 6.07 Å². The summed E-state index contributed by atoms with van der Waals surface area (Å²) in [6, 6.07) is 11.6. The highest BCUT2D eigenvalue weighted by Gasteiger charge is 2.19. The van der Waals surface area contributed by atoms with E-state index in [2.05, 4.69) is 10.9 Å². The summed E-state index contributed by atoms with van der Waals surface area (Å²) in [6.45, 7) is 9.44. The normalized spacial score (nSPS) is 12.8. The zero-order valence-corrected chi connectivity index (χ0v) is 13.2. The molecule has 114 valence electrons. The van der Waals surface area contributed by atoms with Crippen molar-refractivity contribution in [3.8, 4) is 0 Å². The molecule has 0 saturated carbocycles. The summed E-state index contributed by atoms with van der Waals surface area (Å²) in [5, 5.41) is 0. The molecule has 0 N–H and O–H groups in total. The molecule has 2 aromatic rings. The molecule has 0 atom stereocenters. The number of carbonyl (C=O) groups is 1. The third kappa shape index (κ3) is 2.64. The van der Waals surface area contributed by atoms with Crippen LogP contribution in [0.4, 0.5) is 5.69 Å². The monoisotopic (exact) mass is 303 g/mol. The highest BCUT2D eigenvalue weighted by molar-refractivity contribution is 5.94. The van der Waals surface area contributed by atoms with Gasteiger partial charge in [0.1, 0.15) is 0 Å². The van der Waals surface area contributed by atoms with Crippen molar-refractivity contribution in [2.75, 3.05) is 7.11 Å². The molecular weight excluding hydrogens is 286 g/mol. The molecule has 0 heterocycles. The van der Waals surface area contributed by atoms with Crippen molar-refractivity contribution in [2.24, 2.45) is 0 Å². The van der Waals surface area contributed by atoms with Gasteiger partial charge in [0.15, 0.2) is 5.69 Å². The van der Waals surface area contributed by atoms with Gasteiger partial charge < -0.3 is 4.74 Å². The van der Waals surface area contributed by atoms with Crippen molar-refractivity contribution < 1.29 is 9.53 Å². The first-order valence-corrected chi connectivity index (χ1v) is 7.55. The van der Waals surface area contributed by atoms with Gasteiger partial charge >= 0.3 is 5.97 Å². The largest absolute Gasteiger partial charge is 0.465 e. The number of allylic oxidation sites excluding steroid dienone is 1. The number of carbonyl (C=O) groups excluding carboxylic acids is 1. The number of ether oxygens (including phenoxy) is 1. The Kier molecular flexibility index (Phi) is 3.99. The predicted octanol–water partition coefficient (Wildman–Crippen LogP) is 4.71. The molecule has 0 radical (unpaired) electrons. The first-order chi connectivity index (χ1) is 11.2. The summed E-state index contributed by atoms with van der Waals surface area (Å²) in [5.74, 6) is -0.340. The smallest absolute Gasteiger partial charge is 0.337 e. The Morgan fingerprint density at radius 3 is 2.78 bits per heavy atom. The molecule has 0 aromatic heterocycles. The third-order valence-corrected chi connectivity index (χ3v) is 4.22. The Bertz CT molecular complexity index is 856. The van der Waals surface area contributed by atoms with Crippen LogP contribution in [0.5, 0.6) is 0 Å². The Morgan fingerprint density at radius 1 is 1.22 bits per heavy atom. The maximum atomic E-state index is 11.8. The Hall–Kier alpha value is -2.86. The summed E-state index contributed by atoms with van der Waals surface area (Å²) < 4.78 is 4.83. The van der Waals surface area contributed by atoms with Gasteiger partial charge in [-0.1, -0.05) is 30.3 Å². The molecule has 0 fully saturated rings. The molecule has 23 heavy (non-hydrogen) atoms. The van der Waals surface area contributed by atoms with Crippen molar-refractivity contribution >= 4 is 17.2 Å². The summed E-state index contributed by atoms with van der Waals surface area (Å²) in [5.41, 5.74) is 6.37.